The normalized spacial score (nSPS) is 10.8. The van der Waals surface area contributed by atoms with Crippen LogP contribution in [0.5, 0.6) is 5.75 Å². The first-order valence-electron chi connectivity index (χ1n) is 9.60. The van der Waals surface area contributed by atoms with Crippen molar-refractivity contribution in [1.29, 1.82) is 5.26 Å². The van der Waals surface area contributed by atoms with Crippen molar-refractivity contribution < 1.29 is 14.3 Å². The van der Waals surface area contributed by atoms with Gasteiger partial charge in [-0.25, -0.2) is 0 Å². The Bertz CT molecular complexity index is 1280. The summed E-state index contributed by atoms with van der Waals surface area (Å²) in [5.41, 5.74) is 2.75. The number of nitrogens with zero attached hydrogens (tertiary/aromatic N) is 6. The Morgan fingerprint density at radius 2 is 2.06 bits per heavy atom. The summed E-state index contributed by atoms with van der Waals surface area (Å²) in [6.45, 7) is 4.14. The van der Waals surface area contributed by atoms with Crippen LogP contribution in [-0.4, -0.2) is 41.5 Å². The molecule has 1 aromatic carbocycles. The van der Waals surface area contributed by atoms with E-state index in [0.717, 1.165) is 23.0 Å². The number of carbonyl (C=O) groups excluding carboxylic acids is 1. The Balaban J connectivity index is 1.51. The van der Waals surface area contributed by atoms with Gasteiger partial charge in [0.2, 0.25) is 11.1 Å². The average molecular weight is 449 g/mol. The zero-order valence-electron chi connectivity index (χ0n) is 17.3. The lowest BCUT2D eigenvalue weighted by Crippen LogP contribution is -2.19. The molecule has 3 heterocycles. The number of benzene rings is 1. The van der Waals surface area contributed by atoms with Crippen LogP contribution in [0.4, 0.5) is 5.82 Å². The Hall–Kier alpha value is -4.04. The van der Waals surface area contributed by atoms with Crippen molar-refractivity contribution in [2.24, 2.45) is 0 Å². The zero-order chi connectivity index (χ0) is 22.7. The molecule has 0 bridgehead atoms. The topological polar surface area (TPSA) is 135 Å². The highest BCUT2D eigenvalue weighted by Gasteiger charge is 2.21. The molecule has 0 unspecified atom stereocenters. The third-order valence-corrected chi connectivity index (χ3v) is 5.88. The van der Waals surface area contributed by atoms with Crippen LogP contribution in [0.2, 0.25) is 0 Å². The minimum Gasteiger partial charge on any atom is -0.508 e. The maximum absolute atomic E-state index is 12.8. The maximum Gasteiger partial charge on any atom is 0.235 e. The monoisotopic (exact) mass is 449 g/mol. The molecule has 3 aromatic heterocycles. The summed E-state index contributed by atoms with van der Waals surface area (Å²) in [7, 11) is 0. The van der Waals surface area contributed by atoms with E-state index in [4.69, 9.17) is 4.42 Å². The summed E-state index contributed by atoms with van der Waals surface area (Å²) in [6.07, 6.45) is 1.58. The minimum absolute atomic E-state index is 0.0351. The summed E-state index contributed by atoms with van der Waals surface area (Å²) in [5.74, 6) is 1.01. The van der Waals surface area contributed by atoms with Crippen molar-refractivity contribution in [3.63, 3.8) is 0 Å². The Morgan fingerprint density at radius 3 is 2.75 bits per heavy atom. The Morgan fingerprint density at radius 1 is 1.28 bits per heavy atom. The highest BCUT2D eigenvalue weighted by atomic mass is 32.2. The van der Waals surface area contributed by atoms with Crippen molar-refractivity contribution in [2.75, 3.05) is 11.1 Å². The van der Waals surface area contributed by atoms with Gasteiger partial charge in [-0.15, -0.1) is 5.10 Å². The molecule has 4 aromatic rings. The van der Waals surface area contributed by atoms with Gasteiger partial charge < -0.3 is 19.4 Å². The van der Waals surface area contributed by atoms with Gasteiger partial charge in [0.05, 0.1) is 29.8 Å². The van der Waals surface area contributed by atoms with Gasteiger partial charge in [0.25, 0.3) is 0 Å². The van der Waals surface area contributed by atoms with E-state index in [9.17, 15) is 15.2 Å². The van der Waals surface area contributed by atoms with E-state index in [2.05, 4.69) is 26.9 Å². The molecule has 162 valence electrons. The number of rotatable bonds is 7. The largest absolute Gasteiger partial charge is 0.508 e. The molecular formula is C21H19N7O3S. The third-order valence-electron chi connectivity index (χ3n) is 4.96. The van der Waals surface area contributed by atoms with Crippen LogP contribution >= 0.6 is 11.8 Å². The fraction of sp³-hybridized carbons (Fsp3) is 0.190. The Labute approximate surface area is 187 Å². The summed E-state index contributed by atoms with van der Waals surface area (Å²) in [5, 5.41) is 34.0. The molecule has 32 heavy (non-hydrogen) atoms. The van der Waals surface area contributed by atoms with Gasteiger partial charge in [-0.3, -0.25) is 4.79 Å². The molecule has 0 saturated heterocycles. The number of aromatic nitrogens is 5. The molecule has 0 spiro atoms. The number of tetrazole rings is 1. The van der Waals surface area contributed by atoms with E-state index >= 15 is 0 Å². The number of furan rings is 1. The summed E-state index contributed by atoms with van der Waals surface area (Å²) >= 11 is 1.16. The summed E-state index contributed by atoms with van der Waals surface area (Å²) < 4.78 is 8.77. The second-order valence-electron chi connectivity index (χ2n) is 6.94. The SMILES string of the molecule is Cc1c(C#N)c(NC(=O)CSc2nnnn2-c2ccc(O)cc2)n(Cc2ccco2)c1C. The molecule has 0 saturated carbocycles. The Kier molecular flexibility index (Phi) is 5.96. The van der Waals surface area contributed by atoms with E-state index in [1.165, 1.54) is 16.8 Å². The number of nitrogens with one attached hydrogen (secondary N) is 1. The lowest BCUT2D eigenvalue weighted by atomic mass is 10.2. The molecule has 10 nitrogen and oxygen atoms in total. The van der Waals surface area contributed by atoms with Crippen molar-refractivity contribution in [2.45, 2.75) is 25.5 Å². The standard InChI is InChI=1S/C21H19N7O3S/c1-13-14(2)27(11-17-4-3-9-31-17)20(18(13)10-22)23-19(30)12-32-21-24-25-26-28(21)15-5-7-16(29)8-6-15/h3-9,29H,11-12H2,1-2H3,(H,23,30). The van der Waals surface area contributed by atoms with E-state index in [1.54, 1.807) is 24.5 Å². The molecule has 0 aliphatic heterocycles. The van der Waals surface area contributed by atoms with Crippen molar-refractivity contribution in [3.05, 3.63) is 65.2 Å². The number of hydrogen-bond acceptors (Lipinski definition) is 8. The molecule has 2 N–H and O–H groups in total. The lowest BCUT2D eigenvalue weighted by molar-refractivity contribution is -0.113. The quantitative estimate of drug-likeness (QED) is 0.411. The van der Waals surface area contributed by atoms with Gasteiger partial charge in [-0.05, 0) is 66.2 Å². The number of phenolic OH excluding ortho intramolecular Hbond substituents is 1. The number of hydrogen-bond donors (Lipinski definition) is 2. The van der Waals surface area contributed by atoms with E-state index in [0.29, 0.717) is 34.5 Å². The van der Waals surface area contributed by atoms with Crippen molar-refractivity contribution in [1.82, 2.24) is 24.8 Å². The van der Waals surface area contributed by atoms with Crippen LogP contribution < -0.4 is 5.32 Å². The second-order valence-corrected chi connectivity index (χ2v) is 7.88. The van der Waals surface area contributed by atoms with Crippen LogP contribution in [0, 0.1) is 25.2 Å². The average Bonchev–Trinajstić information content (AvgIpc) is 3.51. The van der Waals surface area contributed by atoms with Gasteiger partial charge in [0, 0.05) is 5.69 Å². The first-order valence-corrected chi connectivity index (χ1v) is 10.6. The summed E-state index contributed by atoms with van der Waals surface area (Å²) in [4.78, 5) is 12.8. The molecular weight excluding hydrogens is 430 g/mol. The number of phenols is 1. The van der Waals surface area contributed by atoms with Gasteiger partial charge in [0.1, 0.15) is 23.4 Å². The smallest absolute Gasteiger partial charge is 0.235 e. The number of amides is 1. The zero-order valence-corrected chi connectivity index (χ0v) is 18.1. The molecule has 0 fully saturated rings. The maximum atomic E-state index is 12.8. The number of anilines is 1. The third kappa shape index (κ3) is 4.21. The van der Waals surface area contributed by atoms with Crippen LogP contribution in [0.1, 0.15) is 22.6 Å². The van der Waals surface area contributed by atoms with E-state index in [1.807, 2.05) is 24.5 Å². The van der Waals surface area contributed by atoms with Gasteiger partial charge in [0.15, 0.2) is 0 Å². The van der Waals surface area contributed by atoms with E-state index < -0.39 is 0 Å². The molecule has 0 aliphatic carbocycles. The predicted octanol–water partition coefficient (Wildman–Crippen LogP) is 3.03. The van der Waals surface area contributed by atoms with Gasteiger partial charge in [-0.1, -0.05) is 11.8 Å². The molecule has 11 heteroatoms. The number of carbonyl (C=O) groups is 1. The van der Waals surface area contributed by atoms with Gasteiger partial charge in [-0.2, -0.15) is 9.94 Å². The van der Waals surface area contributed by atoms with Crippen LogP contribution in [-0.2, 0) is 11.3 Å². The van der Waals surface area contributed by atoms with Crippen LogP contribution in [0.3, 0.4) is 0 Å². The molecule has 0 atom stereocenters. The fourth-order valence-corrected chi connectivity index (χ4v) is 3.90. The van der Waals surface area contributed by atoms with Crippen molar-refractivity contribution in [3.8, 4) is 17.5 Å². The highest BCUT2D eigenvalue weighted by molar-refractivity contribution is 7.99. The first-order chi connectivity index (χ1) is 15.5. The minimum atomic E-state index is -0.301. The highest BCUT2D eigenvalue weighted by Crippen LogP contribution is 2.28. The predicted molar refractivity (Wildman–Crippen MR) is 117 cm³/mol. The molecule has 0 aliphatic rings. The van der Waals surface area contributed by atoms with Gasteiger partial charge >= 0.3 is 0 Å². The van der Waals surface area contributed by atoms with Crippen molar-refractivity contribution >= 4 is 23.5 Å². The van der Waals surface area contributed by atoms with Crippen LogP contribution in [0.25, 0.3) is 5.69 Å². The lowest BCUT2D eigenvalue weighted by Gasteiger charge is -2.12. The molecule has 0 radical (unpaired) electrons. The first kappa shape index (κ1) is 21.2. The molecule has 4 rings (SSSR count). The number of thioether (sulfide) groups is 1. The fourth-order valence-electron chi connectivity index (χ4n) is 3.21. The number of nitriles is 1. The van der Waals surface area contributed by atoms with Crippen LogP contribution in [0.15, 0.2) is 52.2 Å². The second kappa shape index (κ2) is 8.99. The van der Waals surface area contributed by atoms with E-state index in [-0.39, 0.29) is 17.4 Å². The summed E-state index contributed by atoms with van der Waals surface area (Å²) in [6, 6.07) is 12.2. The molecule has 1 amide bonds. The number of aromatic hydroxyl groups is 1.